The minimum atomic E-state index is -0.196. The summed E-state index contributed by atoms with van der Waals surface area (Å²) in [6.07, 6.45) is 8.23. The van der Waals surface area contributed by atoms with E-state index in [2.05, 4.69) is 32.4 Å². The maximum Gasteiger partial charge on any atom is 0.315 e. The van der Waals surface area contributed by atoms with E-state index < -0.39 is 0 Å². The maximum absolute atomic E-state index is 12.3. The number of hydrogen-bond donors (Lipinski definition) is 2. The second-order valence-corrected chi connectivity index (χ2v) is 6.96. The molecule has 1 aromatic heterocycles. The van der Waals surface area contributed by atoms with Crippen molar-refractivity contribution in [2.24, 2.45) is 0 Å². The number of rotatable bonds is 9. The van der Waals surface area contributed by atoms with Gasteiger partial charge >= 0.3 is 6.03 Å². The topological polar surface area (TPSA) is 90.5 Å². The summed E-state index contributed by atoms with van der Waals surface area (Å²) in [6.45, 7) is 7.27. The zero-order chi connectivity index (χ0) is 19.5. The molecule has 0 aromatic carbocycles. The molecule has 27 heavy (non-hydrogen) atoms. The quantitative estimate of drug-likeness (QED) is 0.641. The van der Waals surface area contributed by atoms with Crippen LogP contribution in [0.5, 0.6) is 0 Å². The van der Waals surface area contributed by atoms with Crippen LogP contribution in [0.1, 0.15) is 46.0 Å². The third-order valence-corrected chi connectivity index (χ3v) is 4.71. The molecule has 150 valence electrons. The normalized spacial score (nSPS) is 15.3. The van der Waals surface area contributed by atoms with Gasteiger partial charge in [0.05, 0.1) is 0 Å². The maximum atomic E-state index is 12.3. The lowest BCUT2D eigenvalue weighted by Crippen LogP contribution is -2.50. The molecule has 0 saturated carbocycles. The number of carbonyl (C=O) groups is 2. The van der Waals surface area contributed by atoms with Crippen LogP contribution in [-0.2, 0) is 4.79 Å². The van der Waals surface area contributed by atoms with Crippen LogP contribution < -0.4 is 15.5 Å². The van der Waals surface area contributed by atoms with E-state index in [-0.39, 0.29) is 18.0 Å². The molecular formula is C19H32N6O2. The summed E-state index contributed by atoms with van der Waals surface area (Å²) in [6, 6.07) is 1.75. The van der Waals surface area contributed by atoms with Crippen LogP contribution in [0.2, 0.25) is 0 Å². The fourth-order valence-electron chi connectivity index (χ4n) is 3.10. The van der Waals surface area contributed by atoms with Crippen LogP contribution in [0.25, 0.3) is 0 Å². The van der Waals surface area contributed by atoms with E-state index >= 15 is 0 Å². The zero-order valence-corrected chi connectivity index (χ0v) is 16.5. The van der Waals surface area contributed by atoms with Crippen molar-refractivity contribution in [1.29, 1.82) is 0 Å². The number of aromatic nitrogens is 2. The monoisotopic (exact) mass is 376 g/mol. The summed E-state index contributed by atoms with van der Waals surface area (Å²) in [5, 5.41) is 5.70. The van der Waals surface area contributed by atoms with Gasteiger partial charge in [-0.2, -0.15) is 0 Å². The SMILES string of the molecule is CCCCCC(C)NC(=O)NCCC(=O)N1CCN(c2ncccn2)CC1. The Hall–Kier alpha value is -2.38. The number of piperazine rings is 1. The van der Waals surface area contributed by atoms with Crippen LogP contribution in [-0.4, -0.2) is 65.6 Å². The number of anilines is 1. The van der Waals surface area contributed by atoms with E-state index in [0.29, 0.717) is 32.0 Å². The first-order valence-electron chi connectivity index (χ1n) is 9.94. The average molecular weight is 377 g/mol. The van der Waals surface area contributed by atoms with Gasteiger partial charge < -0.3 is 20.4 Å². The van der Waals surface area contributed by atoms with Gasteiger partial charge in [0, 0.05) is 57.6 Å². The Morgan fingerprint density at radius 2 is 1.85 bits per heavy atom. The number of hydrogen-bond acceptors (Lipinski definition) is 5. The molecule has 8 nitrogen and oxygen atoms in total. The number of amides is 3. The van der Waals surface area contributed by atoms with Gasteiger partial charge in [-0.15, -0.1) is 0 Å². The fraction of sp³-hybridized carbons (Fsp3) is 0.684. The van der Waals surface area contributed by atoms with Crippen LogP contribution in [0.3, 0.4) is 0 Å². The van der Waals surface area contributed by atoms with Crippen molar-refractivity contribution >= 4 is 17.9 Å². The van der Waals surface area contributed by atoms with Crippen LogP contribution in [0.4, 0.5) is 10.7 Å². The Morgan fingerprint density at radius 1 is 1.15 bits per heavy atom. The summed E-state index contributed by atoms with van der Waals surface area (Å²) in [5.74, 6) is 0.774. The molecule has 3 amide bonds. The number of nitrogens with zero attached hydrogens (tertiary/aromatic N) is 4. The van der Waals surface area contributed by atoms with Crippen LogP contribution in [0.15, 0.2) is 18.5 Å². The molecule has 1 fully saturated rings. The molecular weight excluding hydrogens is 344 g/mol. The highest BCUT2D eigenvalue weighted by atomic mass is 16.2. The van der Waals surface area contributed by atoms with Crippen molar-refractivity contribution < 1.29 is 9.59 Å². The molecule has 0 bridgehead atoms. The number of nitrogens with one attached hydrogen (secondary N) is 2. The van der Waals surface area contributed by atoms with Gasteiger partial charge in [-0.25, -0.2) is 14.8 Å². The molecule has 1 saturated heterocycles. The van der Waals surface area contributed by atoms with E-state index in [1.165, 1.54) is 12.8 Å². The van der Waals surface area contributed by atoms with Crippen molar-refractivity contribution in [1.82, 2.24) is 25.5 Å². The van der Waals surface area contributed by atoms with Gasteiger partial charge in [0.2, 0.25) is 11.9 Å². The minimum Gasteiger partial charge on any atom is -0.339 e. The molecule has 0 spiro atoms. The van der Waals surface area contributed by atoms with Crippen LogP contribution >= 0.6 is 0 Å². The number of carbonyl (C=O) groups excluding carboxylic acids is 2. The molecule has 2 rings (SSSR count). The summed E-state index contributed by atoms with van der Waals surface area (Å²) in [7, 11) is 0. The van der Waals surface area contributed by atoms with Crippen LogP contribution in [0, 0.1) is 0 Å². The molecule has 2 heterocycles. The highest BCUT2D eigenvalue weighted by Gasteiger charge is 2.22. The summed E-state index contributed by atoms with van der Waals surface area (Å²) >= 11 is 0. The predicted octanol–water partition coefficient (Wildman–Crippen LogP) is 1.78. The van der Waals surface area contributed by atoms with Crippen molar-refractivity contribution in [2.75, 3.05) is 37.6 Å². The highest BCUT2D eigenvalue weighted by molar-refractivity contribution is 5.78. The van der Waals surface area contributed by atoms with Gasteiger partial charge in [0.25, 0.3) is 0 Å². The Bertz CT molecular complexity index is 575. The smallest absolute Gasteiger partial charge is 0.315 e. The third kappa shape index (κ3) is 7.40. The predicted molar refractivity (Wildman–Crippen MR) is 106 cm³/mol. The lowest BCUT2D eigenvalue weighted by atomic mass is 10.1. The van der Waals surface area contributed by atoms with E-state index in [4.69, 9.17) is 0 Å². The Morgan fingerprint density at radius 3 is 2.52 bits per heavy atom. The first kappa shape index (κ1) is 20.9. The molecule has 1 unspecified atom stereocenters. The van der Waals surface area contributed by atoms with E-state index in [0.717, 1.165) is 25.9 Å². The van der Waals surface area contributed by atoms with E-state index in [1.807, 2.05) is 11.8 Å². The van der Waals surface area contributed by atoms with Crippen molar-refractivity contribution in [3.63, 3.8) is 0 Å². The van der Waals surface area contributed by atoms with Gasteiger partial charge in [-0.1, -0.05) is 26.2 Å². The molecule has 0 radical (unpaired) electrons. The van der Waals surface area contributed by atoms with Gasteiger partial charge in [0.15, 0.2) is 0 Å². The Balaban J connectivity index is 1.60. The number of urea groups is 1. The van der Waals surface area contributed by atoms with Crippen molar-refractivity contribution in [3.05, 3.63) is 18.5 Å². The molecule has 1 aromatic rings. The average Bonchev–Trinajstić information content (AvgIpc) is 2.69. The van der Waals surface area contributed by atoms with Crippen molar-refractivity contribution in [3.8, 4) is 0 Å². The van der Waals surface area contributed by atoms with Gasteiger partial charge in [-0.3, -0.25) is 4.79 Å². The number of unbranched alkanes of at least 4 members (excludes halogenated alkanes) is 2. The van der Waals surface area contributed by atoms with Gasteiger partial charge in [0.1, 0.15) is 0 Å². The second-order valence-electron chi connectivity index (χ2n) is 6.96. The Labute approximate surface area is 161 Å². The molecule has 1 aliphatic heterocycles. The van der Waals surface area contributed by atoms with Crippen molar-refractivity contribution in [2.45, 2.75) is 52.0 Å². The summed E-state index contributed by atoms with van der Waals surface area (Å²) in [4.78, 5) is 36.6. The fourth-order valence-corrected chi connectivity index (χ4v) is 3.10. The van der Waals surface area contributed by atoms with E-state index in [9.17, 15) is 9.59 Å². The largest absolute Gasteiger partial charge is 0.339 e. The molecule has 1 atom stereocenters. The Kier molecular flexibility index (Phi) is 8.80. The summed E-state index contributed by atoms with van der Waals surface area (Å²) in [5.41, 5.74) is 0. The first-order valence-corrected chi connectivity index (χ1v) is 9.94. The standard InChI is InChI=1S/C19H32N6O2/c1-3-4-5-7-16(2)23-19(27)22-11-8-17(26)24-12-14-25(15-13-24)18-20-9-6-10-21-18/h6,9-10,16H,3-5,7-8,11-15H2,1-2H3,(H2,22,23,27). The summed E-state index contributed by atoms with van der Waals surface area (Å²) < 4.78 is 0. The first-order chi connectivity index (χ1) is 13.1. The molecule has 0 aliphatic carbocycles. The zero-order valence-electron chi connectivity index (χ0n) is 16.5. The molecule has 1 aliphatic rings. The third-order valence-electron chi connectivity index (χ3n) is 4.71. The van der Waals surface area contributed by atoms with Gasteiger partial charge in [-0.05, 0) is 19.4 Å². The lowest BCUT2D eigenvalue weighted by molar-refractivity contribution is -0.131. The van der Waals surface area contributed by atoms with E-state index in [1.54, 1.807) is 18.5 Å². The second kappa shape index (κ2) is 11.4. The lowest BCUT2D eigenvalue weighted by Gasteiger charge is -2.34. The molecule has 8 heteroatoms. The highest BCUT2D eigenvalue weighted by Crippen LogP contribution is 2.10. The molecule has 2 N–H and O–H groups in total. The minimum absolute atomic E-state index is 0.0694.